The topological polar surface area (TPSA) is 9.23 Å². The zero-order valence-corrected chi connectivity index (χ0v) is 9.05. The van der Waals surface area contributed by atoms with Crippen LogP contribution in [0, 0.1) is 5.92 Å². The molecule has 1 aliphatic carbocycles. The molecule has 2 unspecified atom stereocenters. The average molecular weight is 233 g/mol. The van der Waals surface area contributed by atoms with E-state index in [4.69, 9.17) is 4.74 Å². The van der Waals surface area contributed by atoms with E-state index in [1.165, 1.54) is 38.5 Å². The minimum Gasteiger partial charge on any atom is -0.378 e. The SMILES string of the molecule is BrC(CCC1CCCO1)C1CC1. The monoisotopic (exact) mass is 232 g/mol. The third kappa shape index (κ3) is 2.46. The van der Waals surface area contributed by atoms with E-state index < -0.39 is 0 Å². The van der Waals surface area contributed by atoms with Gasteiger partial charge in [-0.15, -0.1) is 0 Å². The Kier molecular flexibility index (Phi) is 3.08. The van der Waals surface area contributed by atoms with E-state index in [1.54, 1.807) is 0 Å². The number of rotatable bonds is 4. The van der Waals surface area contributed by atoms with Crippen LogP contribution in [0.5, 0.6) is 0 Å². The van der Waals surface area contributed by atoms with E-state index in [0.717, 1.165) is 17.4 Å². The Morgan fingerprint density at radius 2 is 2.17 bits per heavy atom. The van der Waals surface area contributed by atoms with E-state index in [0.29, 0.717) is 6.10 Å². The molecule has 1 saturated carbocycles. The van der Waals surface area contributed by atoms with Crippen molar-refractivity contribution < 1.29 is 4.74 Å². The summed E-state index contributed by atoms with van der Waals surface area (Å²) < 4.78 is 5.58. The molecule has 12 heavy (non-hydrogen) atoms. The van der Waals surface area contributed by atoms with Crippen LogP contribution in [0.4, 0.5) is 0 Å². The van der Waals surface area contributed by atoms with E-state index in [2.05, 4.69) is 15.9 Å². The minimum atomic E-state index is 0.587. The van der Waals surface area contributed by atoms with Crippen molar-refractivity contribution in [1.82, 2.24) is 0 Å². The highest BCUT2D eigenvalue weighted by Gasteiger charge is 2.29. The molecule has 0 aromatic heterocycles. The molecule has 1 nitrogen and oxygen atoms in total. The molecule has 0 aromatic rings. The zero-order valence-electron chi connectivity index (χ0n) is 7.47. The van der Waals surface area contributed by atoms with Gasteiger partial charge < -0.3 is 4.74 Å². The molecule has 0 radical (unpaired) electrons. The van der Waals surface area contributed by atoms with Crippen LogP contribution in [0.15, 0.2) is 0 Å². The molecule has 0 spiro atoms. The number of hydrogen-bond acceptors (Lipinski definition) is 1. The average Bonchev–Trinajstić information content (AvgIpc) is 2.80. The van der Waals surface area contributed by atoms with Crippen molar-refractivity contribution in [2.75, 3.05) is 6.61 Å². The molecule has 0 N–H and O–H groups in total. The number of halogens is 1. The highest BCUT2D eigenvalue weighted by molar-refractivity contribution is 9.09. The van der Waals surface area contributed by atoms with Gasteiger partial charge in [0.25, 0.3) is 0 Å². The summed E-state index contributed by atoms with van der Waals surface area (Å²) in [7, 11) is 0. The molecule has 0 bridgehead atoms. The Morgan fingerprint density at radius 3 is 2.75 bits per heavy atom. The summed E-state index contributed by atoms with van der Waals surface area (Å²) in [5.74, 6) is 0.992. The maximum atomic E-state index is 5.58. The van der Waals surface area contributed by atoms with Gasteiger partial charge in [-0.25, -0.2) is 0 Å². The van der Waals surface area contributed by atoms with Gasteiger partial charge in [0.2, 0.25) is 0 Å². The van der Waals surface area contributed by atoms with Crippen LogP contribution >= 0.6 is 15.9 Å². The quantitative estimate of drug-likeness (QED) is 0.678. The maximum absolute atomic E-state index is 5.58. The van der Waals surface area contributed by atoms with Gasteiger partial charge in [-0.1, -0.05) is 15.9 Å². The summed E-state index contributed by atoms with van der Waals surface area (Å²) in [6.07, 6.45) is 8.64. The van der Waals surface area contributed by atoms with Crippen molar-refractivity contribution in [3.8, 4) is 0 Å². The van der Waals surface area contributed by atoms with Gasteiger partial charge in [-0.2, -0.15) is 0 Å². The van der Waals surface area contributed by atoms with Crippen LogP contribution in [-0.4, -0.2) is 17.5 Å². The Labute approximate surface area is 83.0 Å². The van der Waals surface area contributed by atoms with Gasteiger partial charge in [-0.3, -0.25) is 0 Å². The van der Waals surface area contributed by atoms with Crippen LogP contribution in [0.1, 0.15) is 38.5 Å². The summed E-state index contributed by atoms with van der Waals surface area (Å²) in [6, 6.07) is 0. The molecule has 0 aromatic carbocycles. The molecule has 2 fully saturated rings. The van der Waals surface area contributed by atoms with Crippen molar-refractivity contribution in [1.29, 1.82) is 0 Å². The molecule has 70 valence electrons. The third-order valence-corrected chi connectivity index (χ3v) is 4.13. The Hall–Kier alpha value is 0.440. The van der Waals surface area contributed by atoms with E-state index in [1.807, 2.05) is 0 Å². The van der Waals surface area contributed by atoms with Gasteiger partial charge >= 0.3 is 0 Å². The second kappa shape index (κ2) is 4.10. The van der Waals surface area contributed by atoms with E-state index >= 15 is 0 Å². The van der Waals surface area contributed by atoms with Crippen molar-refractivity contribution in [3.05, 3.63) is 0 Å². The van der Waals surface area contributed by atoms with E-state index in [9.17, 15) is 0 Å². The van der Waals surface area contributed by atoms with Gasteiger partial charge in [-0.05, 0) is 44.4 Å². The van der Waals surface area contributed by atoms with Crippen LogP contribution in [0.2, 0.25) is 0 Å². The lowest BCUT2D eigenvalue weighted by Crippen LogP contribution is -2.09. The smallest absolute Gasteiger partial charge is 0.0576 e. The number of ether oxygens (including phenoxy) is 1. The first kappa shape index (κ1) is 9.01. The van der Waals surface area contributed by atoms with Gasteiger partial charge in [0.15, 0.2) is 0 Å². The summed E-state index contributed by atoms with van der Waals surface area (Å²) in [4.78, 5) is 0.779. The lowest BCUT2D eigenvalue weighted by Gasteiger charge is -2.12. The largest absolute Gasteiger partial charge is 0.378 e. The minimum absolute atomic E-state index is 0.587. The molecule has 0 amide bonds. The predicted octanol–water partition coefficient (Wildman–Crippen LogP) is 3.12. The lowest BCUT2D eigenvalue weighted by molar-refractivity contribution is 0.102. The summed E-state index contributed by atoms with van der Waals surface area (Å²) in [5, 5.41) is 0. The van der Waals surface area contributed by atoms with Gasteiger partial charge in [0.1, 0.15) is 0 Å². The van der Waals surface area contributed by atoms with Crippen LogP contribution < -0.4 is 0 Å². The summed E-state index contributed by atoms with van der Waals surface area (Å²) >= 11 is 3.76. The first-order chi connectivity index (χ1) is 5.86. The molecule has 2 rings (SSSR count). The second-order valence-electron chi connectivity index (χ2n) is 4.07. The van der Waals surface area contributed by atoms with Crippen molar-refractivity contribution in [2.24, 2.45) is 5.92 Å². The Morgan fingerprint density at radius 1 is 1.33 bits per heavy atom. The normalized spacial score (nSPS) is 32.2. The van der Waals surface area contributed by atoms with Crippen LogP contribution in [0.25, 0.3) is 0 Å². The number of hydrogen-bond donors (Lipinski definition) is 0. The Bertz CT molecular complexity index is 137. The first-order valence-corrected chi connectivity index (χ1v) is 6.03. The Balaban J connectivity index is 1.60. The third-order valence-electron chi connectivity index (χ3n) is 2.92. The molecular formula is C10H17BrO. The summed E-state index contributed by atoms with van der Waals surface area (Å²) in [5.41, 5.74) is 0. The predicted molar refractivity (Wildman–Crippen MR) is 53.6 cm³/mol. The van der Waals surface area contributed by atoms with Gasteiger partial charge in [0.05, 0.1) is 6.10 Å². The first-order valence-electron chi connectivity index (χ1n) is 5.12. The molecule has 1 heterocycles. The number of alkyl halides is 1. The molecular weight excluding hydrogens is 216 g/mol. The van der Waals surface area contributed by atoms with Crippen molar-refractivity contribution in [3.63, 3.8) is 0 Å². The van der Waals surface area contributed by atoms with Crippen LogP contribution in [0.3, 0.4) is 0 Å². The maximum Gasteiger partial charge on any atom is 0.0576 e. The molecule has 1 saturated heterocycles. The molecule has 2 aliphatic rings. The zero-order chi connectivity index (χ0) is 8.39. The highest BCUT2D eigenvalue weighted by atomic mass is 79.9. The van der Waals surface area contributed by atoms with Gasteiger partial charge in [0, 0.05) is 11.4 Å². The molecule has 2 heteroatoms. The van der Waals surface area contributed by atoms with Crippen LogP contribution in [-0.2, 0) is 4.74 Å². The fraction of sp³-hybridized carbons (Fsp3) is 1.00. The second-order valence-corrected chi connectivity index (χ2v) is 5.24. The van der Waals surface area contributed by atoms with Crippen molar-refractivity contribution >= 4 is 15.9 Å². The highest BCUT2D eigenvalue weighted by Crippen LogP contribution is 2.39. The fourth-order valence-electron chi connectivity index (χ4n) is 1.91. The fourth-order valence-corrected chi connectivity index (χ4v) is 2.70. The molecule has 1 aliphatic heterocycles. The van der Waals surface area contributed by atoms with Crippen molar-refractivity contribution in [2.45, 2.75) is 49.5 Å². The summed E-state index contributed by atoms with van der Waals surface area (Å²) in [6.45, 7) is 1.00. The molecule has 2 atom stereocenters. The van der Waals surface area contributed by atoms with E-state index in [-0.39, 0.29) is 0 Å². The standard InChI is InChI=1S/C10H17BrO/c11-10(8-3-4-8)6-5-9-2-1-7-12-9/h8-10H,1-7H2. The lowest BCUT2D eigenvalue weighted by atomic mass is 10.1.